The Bertz CT molecular complexity index is 960. The van der Waals surface area contributed by atoms with E-state index in [1.165, 1.54) is 11.6 Å². The summed E-state index contributed by atoms with van der Waals surface area (Å²) in [6.07, 6.45) is 1.58. The zero-order chi connectivity index (χ0) is 16.0. The molecule has 0 bridgehead atoms. The van der Waals surface area contributed by atoms with Gasteiger partial charge in [0, 0.05) is 25.4 Å². The Morgan fingerprint density at radius 1 is 1.23 bits per heavy atom. The summed E-state index contributed by atoms with van der Waals surface area (Å²) in [5.41, 5.74) is 0.994. The lowest BCUT2D eigenvalue weighted by Gasteiger charge is -2.05. The third kappa shape index (κ3) is 2.19. The minimum absolute atomic E-state index is 0.338. The van der Waals surface area contributed by atoms with Crippen molar-refractivity contribution in [2.45, 2.75) is 26.3 Å². The third-order valence-corrected chi connectivity index (χ3v) is 4.81. The molecule has 0 saturated carbocycles. The predicted molar refractivity (Wildman–Crippen MR) is 85.5 cm³/mol. The first kappa shape index (κ1) is 14.7. The topological polar surface area (TPSA) is 74.7 Å². The minimum atomic E-state index is -0.376. The van der Waals surface area contributed by atoms with E-state index in [1.807, 2.05) is 5.38 Å². The van der Waals surface area contributed by atoms with Crippen molar-refractivity contribution in [1.29, 1.82) is 0 Å². The number of thiazole rings is 1. The van der Waals surface area contributed by atoms with E-state index in [-0.39, 0.29) is 11.2 Å². The molecule has 116 valence electrons. The van der Waals surface area contributed by atoms with Crippen molar-refractivity contribution < 1.29 is 0 Å². The third-order valence-electron chi connectivity index (χ3n) is 3.61. The van der Waals surface area contributed by atoms with Gasteiger partial charge in [0.2, 0.25) is 0 Å². The Morgan fingerprint density at radius 2 is 1.95 bits per heavy atom. The molecule has 0 atom stereocenters. The van der Waals surface area contributed by atoms with Crippen LogP contribution in [0.4, 0.5) is 0 Å². The molecular formula is C14H17N5O2S. The van der Waals surface area contributed by atoms with Gasteiger partial charge in [0.1, 0.15) is 0 Å². The lowest BCUT2D eigenvalue weighted by molar-refractivity contribution is 0.701. The second-order valence-electron chi connectivity index (χ2n) is 5.58. The first-order valence-corrected chi connectivity index (χ1v) is 7.83. The molecule has 3 aromatic rings. The molecule has 0 spiro atoms. The normalized spacial score (nSPS) is 11.7. The SMILES string of the molecule is CC(C)c1nc(Cn2cnc3c2c(=O)n(C)c(=O)n3C)cs1. The van der Waals surface area contributed by atoms with Crippen molar-refractivity contribution in [3.63, 3.8) is 0 Å². The first-order valence-electron chi connectivity index (χ1n) is 6.95. The number of hydrogen-bond donors (Lipinski definition) is 0. The summed E-state index contributed by atoms with van der Waals surface area (Å²) in [6.45, 7) is 4.66. The summed E-state index contributed by atoms with van der Waals surface area (Å²) >= 11 is 1.61. The molecular weight excluding hydrogens is 302 g/mol. The predicted octanol–water partition coefficient (Wildman–Crippen LogP) is 1.06. The van der Waals surface area contributed by atoms with Crippen LogP contribution in [-0.2, 0) is 20.6 Å². The van der Waals surface area contributed by atoms with Crippen molar-refractivity contribution >= 4 is 22.5 Å². The highest BCUT2D eigenvalue weighted by molar-refractivity contribution is 7.09. The molecule has 0 aliphatic carbocycles. The van der Waals surface area contributed by atoms with E-state index < -0.39 is 0 Å². The molecule has 0 fully saturated rings. The maximum atomic E-state index is 12.4. The van der Waals surface area contributed by atoms with Gasteiger partial charge in [-0.2, -0.15) is 0 Å². The van der Waals surface area contributed by atoms with Crippen molar-refractivity contribution in [2.24, 2.45) is 14.1 Å². The van der Waals surface area contributed by atoms with Gasteiger partial charge in [-0.25, -0.2) is 14.8 Å². The van der Waals surface area contributed by atoms with Gasteiger partial charge in [0.05, 0.1) is 23.6 Å². The zero-order valence-corrected chi connectivity index (χ0v) is 13.7. The maximum Gasteiger partial charge on any atom is 0.332 e. The summed E-state index contributed by atoms with van der Waals surface area (Å²) < 4.78 is 4.23. The molecule has 0 N–H and O–H groups in total. The van der Waals surface area contributed by atoms with Crippen LogP contribution in [0, 0.1) is 0 Å². The monoisotopic (exact) mass is 319 g/mol. The Hall–Kier alpha value is -2.22. The summed E-state index contributed by atoms with van der Waals surface area (Å²) in [4.78, 5) is 33.1. The van der Waals surface area contributed by atoms with E-state index in [4.69, 9.17) is 0 Å². The Balaban J connectivity index is 2.12. The summed E-state index contributed by atoms with van der Waals surface area (Å²) in [5.74, 6) is 0.381. The van der Waals surface area contributed by atoms with Gasteiger partial charge in [0.15, 0.2) is 11.2 Å². The van der Waals surface area contributed by atoms with Gasteiger partial charge in [0.25, 0.3) is 5.56 Å². The van der Waals surface area contributed by atoms with Crippen molar-refractivity contribution in [3.05, 3.63) is 43.2 Å². The Kier molecular flexibility index (Phi) is 3.48. The number of hydrogen-bond acceptors (Lipinski definition) is 5. The molecule has 22 heavy (non-hydrogen) atoms. The van der Waals surface area contributed by atoms with Crippen LogP contribution in [0.3, 0.4) is 0 Å². The van der Waals surface area contributed by atoms with E-state index in [0.29, 0.717) is 23.6 Å². The van der Waals surface area contributed by atoms with Gasteiger partial charge in [-0.15, -0.1) is 11.3 Å². The van der Waals surface area contributed by atoms with Crippen LogP contribution in [0.25, 0.3) is 11.2 Å². The van der Waals surface area contributed by atoms with E-state index in [0.717, 1.165) is 15.3 Å². The number of aryl methyl sites for hydroxylation is 1. The summed E-state index contributed by atoms with van der Waals surface area (Å²) in [7, 11) is 3.09. The standard InChI is InChI=1S/C14H17N5O2S/c1-8(2)12-16-9(6-22-12)5-19-7-15-11-10(19)13(20)18(4)14(21)17(11)3/h6-8H,5H2,1-4H3. The molecule has 0 saturated heterocycles. The van der Waals surface area contributed by atoms with Crippen LogP contribution < -0.4 is 11.2 Å². The van der Waals surface area contributed by atoms with Crippen LogP contribution in [0.2, 0.25) is 0 Å². The van der Waals surface area contributed by atoms with Crippen molar-refractivity contribution in [2.75, 3.05) is 0 Å². The number of aromatic nitrogens is 5. The second-order valence-corrected chi connectivity index (χ2v) is 6.47. The van der Waals surface area contributed by atoms with Gasteiger partial charge in [-0.05, 0) is 0 Å². The van der Waals surface area contributed by atoms with Crippen molar-refractivity contribution in [3.8, 4) is 0 Å². The van der Waals surface area contributed by atoms with E-state index in [1.54, 1.807) is 29.3 Å². The van der Waals surface area contributed by atoms with Crippen LogP contribution in [-0.4, -0.2) is 23.7 Å². The molecule has 3 aromatic heterocycles. The molecule has 0 aliphatic rings. The van der Waals surface area contributed by atoms with Crippen LogP contribution in [0.5, 0.6) is 0 Å². The fraction of sp³-hybridized carbons (Fsp3) is 0.429. The largest absolute Gasteiger partial charge is 0.332 e. The van der Waals surface area contributed by atoms with Crippen LogP contribution in [0.15, 0.2) is 21.3 Å². The lowest BCUT2D eigenvalue weighted by Crippen LogP contribution is -2.37. The molecule has 0 unspecified atom stereocenters. The highest BCUT2D eigenvalue weighted by atomic mass is 32.1. The highest BCUT2D eigenvalue weighted by Gasteiger charge is 2.15. The molecule has 3 heterocycles. The smallest absolute Gasteiger partial charge is 0.319 e. The van der Waals surface area contributed by atoms with Crippen LogP contribution in [0.1, 0.15) is 30.5 Å². The first-order chi connectivity index (χ1) is 10.4. The zero-order valence-electron chi connectivity index (χ0n) is 12.9. The highest BCUT2D eigenvalue weighted by Crippen LogP contribution is 2.20. The Labute approximate surface area is 130 Å². The minimum Gasteiger partial charge on any atom is -0.319 e. The number of fused-ring (bicyclic) bond motifs is 1. The average molecular weight is 319 g/mol. The molecule has 7 nitrogen and oxygen atoms in total. The number of rotatable bonds is 3. The summed E-state index contributed by atoms with van der Waals surface area (Å²) in [5, 5.41) is 3.06. The summed E-state index contributed by atoms with van der Waals surface area (Å²) in [6, 6.07) is 0. The van der Waals surface area contributed by atoms with Gasteiger partial charge >= 0.3 is 5.69 Å². The average Bonchev–Trinajstić information content (AvgIpc) is 3.10. The number of nitrogens with zero attached hydrogens (tertiary/aromatic N) is 5. The Morgan fingerprint density at radius 3 is 2.59 bits per heavy atom. The fourth-order valence-corrected chi connectivity index (χ4v) is 3.18. The van der Waals surface area contributed by atoms with Gasteiger partial charge < -0.3 is 4.57 Å². The van der Waals surface area contributed by atoms with E-state index in [9.17, 15) is 9.59 Å². The number of imidazole rings is 1. The molecule has 0 aliphatic heterocycles. The van der Waals surface area contributed by atoms with Gasteiger partial charge in [-0.1, -0.05) is 13.8 Å². The molecule has 3 rings (SSSR count). The molecule has 0 amide bonds. The second kappa shape index (κ2) is 5.20. The fourth-order valence-electron chi connectivity index (χ4n) is 2.35. The molecule has 0 aromatic carbocycles. The van der Waals surface area contributed by atoms with Crippen LogP contribution >= 0.6 is 11.3 Å². The quantitative estimate of drug-likeness (QED) is 0.723. The lowest BCUT2D eigenvalue weighted by atomic mass is 10.2. The van der Waals surface area contributed by atoms with E-state index in [2.05, 4.69) is 23.8 Å². The molecule has 0 radical (unpaired) electrons. The van der Waals surface area contributed by atoms with Crippen molar-refractivity contribution in [1.82, 2.24) is 23.7 Å². The van der Waals surface area contributed by atoms with Gasteiger partial charge in [-0.3, -0.25) is 13.9 Å². The van der Waals surface area contributed by atoms with E-state index >= 15 is 0 Å². The maximum absolute atomic E-state index is 12.4. The molecule has 8 heteroatoms.